The van der Waals surface area contributed by atoms with Gasteiger partial charge in [-0.15, -0.1) is 0 Å². The van der Waals surface area contributed by atoms with Crippen LogP contribution in [0.2, 0.25) is 0 Å². The number of unbranched alkanes of at least 4 members (excludes halogenated alkanes) is 2. The zero-order valence-electron chi connectivity index (χ0n) is 11.1. The van der Waals surface area contributed by atoms with Crippen molar-refractivity contribution in [1.29, 1.82) is 0 Å². The first-order chi connectivity index (χ1) is 8.13. The van der Waals surface area contributed by atoms with Gasteiger partial charge in [0, 0.05) is 5.56 Å². The highest BCUT2D eigenvalue weighted by molar-refractivity contribution is 5.43. The second kappa shape index (κ2) is 7.14. The molecule has 1 unspecified atom stereocenters. The third-order valence-electron chi connectivity index (χ3n) is 2.85. The number of aliphatic hydroxyl groups is 1. The van der Waals surface area contributed by atoms with Crippen molar-refractivity contribution in [3.63, 3.8) is 0 Å². The SMILES string of the molecule is CCCCCC(O)C#Cc1cc(C)ccc1C. The van der Waals surface area contributed by atoms with E-state index in [1.165, 1.54) is 24.0 Å². The van der Waals surface area contributed by atoms with Gasteiger partial charge in [-0.25, -0.2) is 0 Å². The van der Waals surface area contributed by atoms with Crippen molar-refractivity contribution in [3.8, 4) is 11.8 Å². The maximum atomic E-state index is 9.72. The molecule has 0 heterocycles. The van der Waals surface area contributed by atoms with E-state index in [9.17, 15) is 5.11 Å². The van der Waals surface area contributed by atoms with Gasteiger partial charge in [0.25, 0.3) is 0 Å². The summed E-state index contributed by atoms with van der Waals surface area (Å²) >= 11 is 0. The van der Waals surface area contributed by atoms with Gasteiger partial charge in [0.1, 0.15) is 6.10 Å². The first-order valence-electron chi connectivity index (χ1n) is 6.40. The van der Waals surface area contributed by atoms with Gasteiger partial charge in [-0.3, -0.25) is 0 Å². The fraction of sp³-hybridized carbons (Fsp3) is 0.500. The average molecular weight is 230 g/mol. The van der Waals surface area contributed by atoms with E-state index in [2.05, 4.69) is 43.9 Å². The molecule has 92 valence electrons. The molecule has 1 aromatic rings. The van der Waals surface area contributed by atoms with Crippen LogP contribution in [-0.4, -0.2) is 11.2 Å². The summed E-state index contributed by atoms with van der Waals surface area (Å²) in [6.07, 6.45) is 3.70. The lowest BCUT2D eigenvalue weighted by molar-refractivity contribution is 0.217. The van der Waals surface area contributed by atoms with Crippen LogP contribution >= 0.6 is 0 Å². The Labute approximate surface area is 105 Å². The fourth-order valence-corrected chi connectivity index (χ4v) is 1.69. The zero-order chi connectivity index (χ0) is 12.7. The van der Waals surface area contributed by atoms with E-state index in [1.54, 1.807) is 0 Å². The van der Waals surface area contributed by atoms with E-state index in [-0.39, 0.29) is 0 Å². The van der Waals surface area contributed by atoms with E-state index < -0.39 is 6.10 Å². The van der Waals surface area contributed by atoms with Crippen LogP contribution in [0.15, 0.2) is 18.2 Å². The molecule has 1 rings (SSSR count). The summed E-state index contributed by atoms with van der Waals surface area (Å²) in [7, 11) is 0. The molecule has 1 aromatic carbocycles. The van der Waals surface area contributed by atoms with E-state index in [1.807, 2.05) is 6.92 Å². The molecule has 17 heavy (non-hydrogen) atoms. The first-order valence-corrected chi connectivity index (χ1v) is 6.40. The number of rotatable bonds is 4. The minimum Gasteiger partial charge on any atom is -0.380 e. The Balaban J connectivity index is 2.61. The molecule has 1 N–H and O–H groups in total. The number of hydrogen-bond donors (Lipinski definition) is 1. The number of aliphatic hydroxyl groups excluding tert-OH is 1. The summed E-state index contributed by atoms with van der Waals surface area (Å²) < 4.78 is 0. The Bertz CT molecular complexity index is 409. The molecule has 0 fully saturated rings. The van der Waals surface area contributed by atoms with Crippen LogP contribution in [0.25, 0.3) is 0 Å². The van der Waals surface area contributed by atoms with Crippen molar-refractivity contribution < 1.29 is 5.11 Å². The lowest BCUT2D eigenvalue weighted by atomic mass is 10.1. The van der Waals surface area contributed by atoms with Gasteiger partial charge in [0.05, 0.1) is 0 Å². The molecule has 0 amide bonds. The molecule has 1 atom stereocenters. The standard InChI is InChI=1S/C16H22O/c1-4-5-6-7-16(17)11-10-15-12-13(2)8-9-14(15)3/h8-9,12,16-17H,4-7H2,1-3H3. The molecule has 0 bridgehead atoms. The van der Waals surface area contributed by atoms with Gasteiger partial charge in [-0.05, 0) is 43.9 Å². The van der Waals surface area contributed by atoms with Crippen LogP contribution in [0.3, 0.4) is 0 Å². The highest BCUT2D eigenvalue weighted by atomic mass is 16.3. The molecule has 0 saturated heterocycles. The van der Waals surface area contributed by atoms with Crippen molar-refractivity contribution in [1.82, 2.24) is 0 Å². The molecule has 0 aromatic heterocycles. The van der Waals surface area contributed by atoms with Gasteiger partial charge in [0.2, 0.25) is 0 Å². The van der Waals surface area contributed by atoms with Crippen molar-refractivity contribution in [2.24, 2.45) is 0 Å². The minimum atomic E-state index is -0.485. The van der Waals surface area contributed by atoms with Gasteiger partial charge in [-0.2, -0.15) is 0 Å². The highest BCUT2D eigenvalue weighted by Gasteiger charge is 1.99. The largest absolute Gasteiger partial charge is 0.380 e. The summed E-state index contributed by atoms with van der Waals surface area (Å²) in [5.74, 6) is 6.01. The highest BCUT2D eigenvalue weighted by Crippen LogP contribution is 2.09. The molecular formula is C16H22O. The summed E-state index contributed by atoms with van der Waals surface area (Å²) in [5.41, 5.74) is 3.41. The third kappa shape index (κ3) is 5.06. The third-order valence-corrected chi connectivity index (χ3v) is 2.85. The number of hydrogen-bond acceptors (Lipinski definition) is 1. The van der Waals surface area contributed by atoms with Crippen LogP contribution in [0.5, 0.6) is 0 Å². The molecule has 1 nitrogen and oxygen atoms in total. The molecular weight excluding hydrogens is 208 g/mol. The topological polar surface area (TPSA) is 20.2 Å². The Hall–Kier alpha value is -1.26. The maximum Gasteiger partial charge on any atom is 0.115 e. The monoisotopic (exact) mass is 230 g/mol. The fourth-order valence-electron chi connectivity index (χ4n) is 1.69. The number of benzene rings is 1. The van der Waals surface area contributed by atoms with Gasteiger partial charge < -0.3 is 5.11 Å². The Morgan fingerprint density at radius 2 is 2.00 bits per heavy atom. The van der Waals surface area contributed by atoms with Gasteiger partial charge in [-0.1, -0.05) is 43.7 Å². The average Bonchev–Trinajstić information content (AvgIpc) is 2.31. The maximum absolute atomic E-state index is 9.72. The van der Waals surface area contributed by atoms with Crippen molar-refractivity contribution >= 4 is 0 Å². The smallest absolute Gasteiger partial charge is 0.115 e. The zero-order valence-corrected chi connectivity index (χ0v) is 11.1. The van der Waals surface area contributed by atoms with Crippen molar-refractivity contribution in [2.45, 2.75) is 52.6 Å². The lowest BCUT2D eigenvalue weighted by Crippen LogP contribution is -2.02. The molecule has 0 saturated carbocycles. The Kier molecular flexibility index (Phi) is 5.80. The second-order valence-electron chi connectivity index (χ2n) is 4.60. The van der Waals surface area contributed by atoms with Crippen LogP contribution in [-0.2, 0) is 0 Å². The molecule has 1 heteroatoms. The predicted molar refractivity (Wildman–Crippen MR) is 72.9 cm³/mol. The van der Waals surface area contributed by atoms with E-state index >= 15 is 0 Å². The van der Waals surface area contributed by atoms with Crippen LogP contribution in [0, 0.1) is 25.7 Å². The minimum absolute atomic E-state index is 0.485. The van der Waals surface area contributed by atoms with Crippen LogP contribution in [0.4, 0.5) is 0 Å². The normalized spacial score (nSPS) is 11.8. The van der Waals surface area contributed by atoms with Crippen molar-refractivity contribution in [3.05, 3.63) is 34.9 Å². The predicted octanol–water partition coefficient (Wildman–Crippen LogP) is 3.60. The summed E-state index contributed by atoms with van der Waals surface area (Å²) in [5, 5.41) is 9.72. The van der Waals surface area contributed by atoms with Crippen LogP contribution < -0.4 is 0 Å². The molecule has 0 aliphatic heterocycles. The Morgan fingerprint density at radius 3 is 2.71 bits per heavy atom. The molecule has 0 radical (unpaired) electrons. The molecule has 0 spiro atoms. The number of aryl methyl sites for hydroxylation is 2. The van der Waals surface area contributed by atoms with E-state index in [0.717, 1.165) is 18.4 Å². The quantitative estimate of drug-likeness (QED) is 0.619. The van der Waals surface area contributed by atoms with Gasteiger partial charge >= 0.3 is 0 Å². The summed E-state index contributed by atoms with van der Waals surface area (Å²) in [6.45, 7) is 6.27. The summed E-state index contributed by atoms with van der Waals surface area (Å²) in [4.78, 5) is 0. The Morgan fingerprint density at radius 1 is 1.24 bits per heavy atom. The van der Waals surface area contributed by atoms with E-state index in [0.29, 0.717) is 0 Å². The summed E-state index contributed by atoms with van der Waals surface area (Å²) in [6, 6.07) is 6.22. The first kappa shape index (κ1) is 13.8. The second-order valence-corrected chi connectivity index (χ2v) is 4.60. The van der Waals surface area contributed by atoms with Crippen molar-refractivity contribution in [2.75, 3.05) is 0 Å². The van der Waals surface area contributed by atoms with Gasteiger partial charge in [0.15, 0.2) is 0 Å². The van der Waals surface area contributed by atoms with Crippen LogP contribution in [0.1, 0.15) is 49.3 Å². The molecule has 0 aliphatic carbocycles. The lowest BCUT2D eigenvalue weighted by Gasteiger charge is -2.02. The molecule has 0 aliphatic rings. The van der Waals surface area contributed by atoms with E-state index in [4.69, 9.17) is 0 Å².